The number of ether oxygens (including phenoxy) is 1. The fraction of sp³-hybridized carbons (Fsp3) is 0.176. The Hall–Kier alpha value is -1.95. The van der Waals surface area contributed by atoms with Gasteiger partial charge in [-0.25, -0.2) is 0 Å². The Kier molecular flexibility index (Phi) is 5.06. The molecule has 2 nitrogen and oxygen atoms in total. The highest BCUT2D eigenvalue weighted by Crippen LogP contribution is 2.23. The molecule has 0 aromatic heterocycles. The first-order chi connectivity index (χ1) is 9.69. The monoisotopic (exact) mass is 285 g/mol. The fourth-order valence-electron chi connectivity index (χ4n) is 1.78. The molecule has 0 heterocycles. The predicted molar refractivity (Wildman–Crippen MR) is 82.9 cm³/mol. The molecule has 2 aromatic rings. The summed E-state index contributed by atoms with van der Waals surface area (Å²) >= 11 is 5.97. The second kappa shape index (κ2) is 7.00. The summed E-state index contributed by atoms with van der Waals surface area (Å²) in [6.45, 7) is 2.84. The van der Waals surface area contributed by atoms with E-state index in [0.29, 0.717) is 18.2 Å². The van der Waals surface area contributed by atoms with Crippen LogP contribution in [0.1, 0.15) is 16.7 Å². The van der Waals surface area contributed by atoms with Crippen molar-refractivity contribution in [2.75, 3.05) is 6.54 Å². The molecule has 0 aliphatic rings. The first-order valence-electron chi connectivity index (χ1n) is 6.36. The van der Waals surface area contributed by atoms with Crippen molar-refractivity contribution in [3.63, 3.8) is 0 Å². The van der Waals surface area contributed by atoms with Gasteiger partial charge in [-0.2, -0.15) is 0 Å². The van der Waals surface area contributed by atoms with Crippen molar-refractivity contribution in [1.82, 2.24) is 0 Å². The van der Waals surface area contributed by atoms with E-state index in [-0.39, 0.29) is 0 Å². The Morgan fingerprint density at radius 2 is 2.05 bits per heavy atom. The van der Waals surface area contributed by atoms with E-state index in [4.69, 9.17) is 22.1 Å². The minimum absolute atomic E-state index is 0.364. The van der Waals surface area contributed by atoms with Gasteiger partial charge in [-0.1, -0.05) is 41.6 Å². The molecule has 0 saturated carbocycles. The molecule has 102 valence electrons. The zero-order valence-electron chi connectivity index (χ0n) is 11.3. The van der Waals surface area contributed by atoms with E-state index >= 15 is 0 Å². The summed E-state index contributed by atoms with van der Waals surface area (Å²) in [5.41, 5.74) is 8.44. The van der Waals surface area contributed by atoms with E-state index in [1.807, 2.05) is 49.4 Å². The molecule has 2 N–H and O–H groups in total. The largest absolute Gasteiger partial charge is 0.489 e. The van der Waals surface area contributed by atoms with Crippen LogP contribution in [0.4, 0.5) is 0 Å². The molecule has 20 heavy (non-hydrogen) atoms. The van der Waals surface area contributed by atoms with Crippen molar-refractivity contribution in [1.29, 1.82) is 0 Å². The third-order valence-corrected chi connectivity index (χ3v) is 3.04. The summed E-state index contributed by atoms with van der Waals surface area (Å²) < 4.78 is 5.81. The number of benzene rings is 2. The average molecular weight is 286 g/mol. The van der Waals surface area contributed by atoms with Crippen LogP contribution in [0.3, 0.4) is 0 Å². The maximum Gasteiger partial charge on any atom is 0.124 e. The lowest BCUT2D eigenvalue weighted by Crippen LogP contribution is -1.97. The van der Waals surface area contributed by atoms with E-state index in [1.165, 1.54) is 0 Å². The number of hydrogen-bond donors (Lipinski definition) is 1. The van der Waals surface area contributed by atoms with E-state index in [2.05, 4.69) is 11.8 Å². The molecule has 3 heteroatoms. The zero-order chi connectivity index (χ0) is 14.4. The molecule has 0 bridgehead atoms. The van der Waals surface area contributed by atoms with Crippen LogP contribution in [0.15, 0.2) is 42.5 Å². The summed E-state index contributed by atoms with van der Waals surface area (Å²) in [6, 6.07) is 13.6. The van der Waals surface area contributed by atoms with Crippen LogP contribution >= 0.6 is 11.6 Å². The molecule has 2 aromatic carbocycles. The van der Waals surface area contributed by atoms with Gasteiger partial charge in [0.2, 0.25) is 0 Å². The van der Waals surface area contributed by atoms with Crippen LogP contribution in [0.25, 0.3) is 0 Å². The van der Waals surface area contributed by atoms with Gasteiger partial charge in [0.1, 0.15) is 12.4 Å². The highest BCUT2D eigenvalue weighted by atomic mass is 35.5. The molecule has 2 rings (SSSR count). The lowest BCUT2D eigenvalue weighted by atomic mass is 10.1. The van der Waals surface area contributed by atoms with Crippen molar-refractivity contribution < 1.29 is 4.74 Å². The molecule has 0 aliphatic heterocycles. The molecule has 0 amide bonds. The quantitative estimate of drug-likeness (QED) is 0.876. The second-order valence-electron chi connectivity index (χ2n) is 4.40. The first kappa shape index (κ1) is 14.5. The molecule has 0 atom stereocenters. The molecule has 0 aliphatic carbocycles. The van der Waals surface area contributed by atoms with Crippen LogP contribution in [-0.2, 0) is 6.61 Å². The van der Waals surface area contributed by atoms with Gasteiger partial charge in [-0.3, -0.25) is 0 Å². The van der Waals surface area contributed by atoms with Crippen LogP contribution < -0.4 is 10.5 Å². The van der Waals surface area contributed by atoms with Gasteiger partial charge in [0, 0.05) is 10.6 Å². The number of nitrogens with two attached hydrogens (primary N) is 1. The lowest BCUT2D eigenvalue weighted by molar-refractivity contribution is 0.304. The lowest BCUT2D eigenvalue weighted by Gasteiger charge is -2.09. The van der Waals surface area contributed by atoms with Gasteiger partial charge in [-0.05, 0) is 42.3 Å². The SMILES string of the molecule is Cc1ccc(Cl)cc1OCc1cccc(C#CCN)c1. The maximum atomic E-state index is 5.97. The first-order valence-corrected chi connectivity index (χ1v) is 6.73. The van der Waals surface area contributed by atoms with Gasteiger partial charge in [-0.15, -0.1) is 0 Å². The molecule has 0 radical (unpaired) electrons. The van der Waals surface area contributed by atoms with Crippen molar-refractivity contribution in [3.8, 4) is 17.6 Å². The van der Waals surface area contributed by atoms with E-state index < -0.39 is 0 Å². The van der Waals surface area contributed by atoms with Gasteiger partial charge in [0.25, 0.3) is 0 Å². The Morgan fingerprint density at radius 1 is 1.20 bits per heavy atom. The fourth-order valence-corrected chi connectivity index (χ4v) is 1.94. The van der Waals surface area contributed by atoms with Crippen molar-refractivity contribution >= 4 is 11.6 Å². The number of halogens is 1. The molecule has 0 spiro atoms. The number of rotatable bonds is 3. The van der Waals surface area contributed by atoms with E-state index in [1.54, 1.807) is 0 Å². The van der Waals surface area contributed by atoms with Gasteiger partial charge in [0.05, 0.1) is 6.54 Å². The van der Waals surface area contributed by atoms with Gasteiger partial charge in [0.15, 0.2) is 0 Å². The summed E-state index contributed by atoms with van der Waals surface area (Å²) in [5.74, 6) is 6.66. The topological polar surface area (TPSA) is 35.2 Å². The Balaban J connectivity index is 2.09. The van der Waals surface area contributed by atoms with Crippen molar-refractivity contribution in [3.05, 3.63) is 64.2 Å². The summed E-state index contributed by atoms with van der Waals surface area (Å²) in [4.78, 5) is 0. The minimum Gasteiger partial charge on any atom is -0.489 e. The third-order valence-electron chi connectivity index (χ3n) is 2.81. The molecule has 0 fully saturated rings. The van der Waals surface area contributed by atoms with Gasteiger partial charge < -0.3 is 10.5 Å². The molecule has 0 unspecified atom stereocenters. The van der Waals surface area contributed by atoms with E-state index in [9.17, 15) is 0 Å². The summed E-state index contributed by atoms with van der Waals surface area (Å²) in [6.07, 6.45) is 0. The van der Waals surface area contributed by atoms with Crippen LogP contribution in [0.5, 0.6) is 5.75 Å². The molecular formula is C17H16ClNO. The molecular weight excluding hydrogens is 270 g/mol. The Labute approximate surface area is 124 Å². The molecule has 0 saturated heterocycles. The minimum atomic E-state index is 0.364. The smallest absolute Gasteiger partial charge is 0.124 e. The number of aryl methyl sites for hydroxylation is 1. The zero-order valence-corrected chi connectivity index (χ0v) is 12.1. The van der Waals surface area contributed by atoms with Crippen LogP contribution in [-0.4, -0.2) is 6.54 Å². The van der Waals surface area contributed by atoms with Crippen molar-refractivity contribution in [2.24, 2.45) is 5.73 Å². The highest BCUT2D eigenvalue weighted by Gasteiger charge is 2.02. The summed E-state index contributed by atoms with van der Waals surface area (Å²) in [5, 5.41) is 0.674. The Morgan fingerprint density at radius 3 is 2.85 bits per heavy atom. The van der Waals surface area contributed by atoms with Crippen molar-refractivity contribution in [2.45, 2.75) is 13.5 Å². The third kappa shape index (κ3) is 4.03. The van der Waals surface area contributed by atoms with Crippen LogP contribution in [0, 0.1) is 18.8 Å². The predicted octanol–water partition coefficient (Wildman–Crippen LogP) is 3.54. The van der Waals surface area contributed by atoms with Crippen LogP contribution in [0.2, 0.25) is 5.02 Å². The standard InChI is InChI=1S/C17H16ClNO/c1-13-7-8-16(18)11-17(13)20-12-15-5-2-4-14(10-15)6-3-9-19/h2,4-5,7-8,10-11H,9,12,19H2,1H3. The maximum absolute atomic E-state index is 5.97. The summed E-state index contributed by atoms with van der Waals surface area (Å²) in [7, 11) is 0. The normalized spacial score (nSPS) is 9.75. The second-order valence-corrected chi connectivity index (χ2v) is 4.84. The average Bonchev–Trinajstić information content (AvgIpc) is 2.46. The van der Waals surface area contributed by atoms with Gasteiger partial charge >= 0.3 is 0 Å². The van der Waals surface area contributed by atoms with E-state index in [0.717, 1.165) is 22.4 Å². The number of hydrogen-bond acceptors (Lipinski definition) is 2. The highest BCUT2D eigenvalue weighted by molar-refractivity contribution is 6.30. The Bertz CT molecular complexity index is 656.